The third kappa shape index (κ3) is 5.07. The Labute approximate surface area is 137 Å². The summed E-state index contributed by atoms with van der Waals surface area (Å²) in [6.07, 6.45) is 1.30. The minimum Gasteiger partial charge on any atom is -0.307 e. The number of hydrogen-bond acceptors (Lipinski definition) is 3. The second kappa shape index (κ2) is 7.74. The molecular weight excluding hydrogens is 310 g/mol. The molecule has 0 N–H and O–H groups in total. The first-order chi connectivity index (χ1) is 11.0. The average Bonchev–Trinajstić information content (AvgIpc) is 2.53. The molecule has 0 aliphatic rings. The van der Waals surface area contributed by atoms with Crippen molar-refractivity contribution in [1.29, 1.82) is 0 Å². The van der Waals surface area contributed by atoms with Crippen LogP contribution in [0.15, 0.2) is 73.3 Å². The van der Waals surface area contributed by atoms with Crippen LogP contribution in [-0.2, 0) is 21.2 Å². The smallest absolute Gasteiger partial charge is 0.242 e. The quantitative estimate of drug-likeness (QED) is 0.734. The van der Waals surface area contributed by atoms with Gasteiger partial charge in [-0.3, -0.25) is 4.79 Å². The van der Waals surface area contributed by atoms with Crippen LogP contribution in [0, 0.1) is 0 Å². The molecule has 0 unspecified atom stereocenters. The highest BCUT2D eigenvalue weighted by molar-refractivity contribution is 7.92. The van der Waals surface area contributed by atoms with Gasteiger partial charge in [0.15, 0.2) is 9.84 Å². The number of amides is 1. The van der Waals surface area contributed by atoms with Crippen LogP contribution in [0.2, 0.25) is 0 Å². The normalized spacial score (nSPS) is 11.0. The maximum absolute atomic E-state index is 12.6. The van der Waals surface area contributed by atoms with Gasteiger partial charge in [0.1, 0.15) is 5.75 Å². The third-order valence-electron chi connectivity index (χ3n) is 3.27. The lowest BCUT2D eigenvalue weighted by Crippen LogP contribution is -2.35. The molecule has 0 aliphatic carbocycles. The lowest BCUT2D eigenvalue weighted by molar-refractivity contribution is -0.116. The molecule has 0 aromatic heterocycles. The third-order valence-corrected chi connectivity index (χ3v) is 4.70. The molecule has 23 heavy (non-hydrogen) atoms. The molecule has 0 radical (unpaired) electrons. The van der Waals surface area contributed by atoms with E-state index in [1.54, 1.807) is 12.1 Å². The van der Waals surface area contributed by atoms with Crippen molar-refractivity contribution in [2.75, 3.05) is 16.4 Å². The summed E-state index contributed by atoms with van der Waals surface area (Å²) >= 11 is 0. The average molecular weight is 329 g/mol. The number of carbonyl (C=O) groups excluding carboxylic acids is 1. The molecule has 1 amide bonds. The summed E-state index contributed by atoms with van der Waals surface area (Å²) in [7, 11) is -3.49. The fraction of sp³-hybridized carbons (Fsp3) is 0.167. The number of rotatable bonds is 7. The first kappa shape index (κ1) is 17.0. The first-order valence-electron chi connectivity index (χ1n) is 7.22. The monoisotopic (exact) mass is 329 g/mol. The molecule has 120 valence electrons. The molecule has 2 aromatic carbocycles. The number of anilines is 1. The first-order valence-corrected chi connectivity index (χ1v) is 9.04. The van der Waals surface area contributed by atoms with Crippen LogP contribution in [0.25, 0.3) is 0 Å². The second-order valence-electron chi connectivity index (χ2n) is 5.14. The van der Waals surface area contributed by atoms with Gasteiger partial charge in [0.2, 0.25) is 5.91 Å². The van der Waals surface area contributed by atoms with Crippen molar-refractivity contribution < 1.29 is 13.2 Å². The van der Waals surface area contributed by atoms with E-state index in [0.717, 1.165) is 5.56 Å². The molecule has 4 nitrogen and oxygen atoms in total. The zero-order valence-corrected chi connectivity index (χ0v) is 13.6. The van der Waals surface area contributed by atoms with E-state index in [1.807, 2.05) is 48.5 Å². The predicted octanol–water partition coefficient (Wildman–Crippen LogP) is 2.82. The molecular formula is C18H19NO3S. The molecule has 0 bridgehead atoms. The number of sulfone groups is 1. The van der Waals surface area contributed by atoms with Gasteiger partial charge in [0.05, 0.1) is 12.3 Å². The van der Waals surface area contributed by atoms with Gasteiger partial charge in [0, 0.05) is 5.69 Å². The maximum atomic E-state index is 12.6. The summed E-state index contributed by atoms with van der Waals surface area (Å²) in [5, 5.41) is 0. The fourth-order valence-corrected chi connectivity index (χ4v) is 3.21. The SMILES string of the molecule is C=CCS(=O)(=O)CC(=O)N(Cc1ccccc1)c1ccccc1. The standard InChI is InChI=1S/C18H19NO3S/c1-2-13-23(21,22)15-18(20)19(17-11-7-4-8-12-17)14-16-9-5-3-6-10-16/h2-12H,1,13-15H2. The van der Waals surface area contributed by atoms with Gasteiger partial charge in [-0.15, -0.1) is 6.58 Å². The fourth-order valence-electron chi connectivity index (χ4n) is 2.20. The maximum Gasteiger partial charge on any atom is 0.242 e. The van der Waals surface area contributed by atoms with Crippen molar-refractivity contribution in [3.63, 3.8) is 0 Å². The lowest BCUT2D eigenvalue weighted by atomic mass is 10.2. The second-order valence-corrected chi connectivity index (χ2v) is 7.25. The molecule has 2 aromatic rings. The highest BCUT2D eigenvalue weighted by atomic mass is 32.2. The van der Waals surface area contributed by atoms with E-state index in [1.165, 1.54) is 11.0 Å². The summed E-state index contributed by atoms with van der Waals surface area (Å²) < 4.78 is 23.8. The lowest BCUT2D eigenvalue weighted by Gasteiger charge is -2.23. The van der Waals surface area contributed by atoms with Crippen LogP contribution in [0.3, 0.4) is 0 Å². The Morgan fingerprint density at radius 3 is 2.13 bits per heavy atom. The van der Waals surface area contributed by atoms with Crippen LogP contribution < -0.4 is 4.90 Å². The zero-order chi connectivity index (χ0) is 16.7. The number of para-hydroxylation sites is 1. The molecule has 2 rings (SSSR count). The van der Waals surface area contributed by atoms with Gasteiger partial charge in [-0.05, 0) is 17.7 Å². The number of benzene rings is 2. The number of carbonyl (C=O) groups is 1. The van der Waals surface area contributed by atoms with Crippen molar-refractivity contribution in [2.45, 2.75) is 6.54 Å². The van der Waals surface area contributed by atoms with Crippen LogP contribution in [-0.4, -0.2) is 25.8 Å². The Hall–Kier alpha value is -2.40. The van der Waals surface area contributed by atoms with Gasteiger partial charge >= 0.3 is 0 Å². The molecule has 0 heterocycles. The van der Waals surface area contributed by atoms with Gasteiger partial charge in [-0.2, -0.15) is 0 Å². The van der Waals surface area contributed by atoms with Crippen molar-refractivity contribution in [3.8, 4) is 0 Å². The Balaban J connectivity index is 2.27. The summed E-state index contributed by atoms with van der Waals surface area (Å²) in [5.41, 5.74) is 1.61. The van der Waals surface area contributed by atoms with E-state index >= 15 is 0 Å². The molecule has 0 spiro atoms. The Morgan fingerprint density at radius 1 is 1.00 bits per heavy atom. The summed E-state index contributed by atoms with van der Waals surface area (Å²) in [5.74, 6) is -1.17. The molecule has 0 atom stereocenters. The van der Waals surface area contributed by atoms with Crippen molar-refractivity contribution in [2.24, 2.45) is 0 Å². The van der Waals surface area contributed by atoms with Gasteiger partial charge in [-0.1, -0.05) is 54.6 Å². The van der Waals surface area contributed by atoms with Crippen LogP contribution in [0.4, 0.5) is 5.69 Å². The van der Waals surface area contributed by atoms with Crippen LogP contribution in [0.1, 0.15) is 5.56 Å². The molecule has 0 saturated carbocycles. The Bertz CT molecular complexity index is 755. The Morgan fingerprint density at radius 2 is 1.57 bits per heavy atom. The van der Waals surface area contributed by atoms with E-state index in [9.17, 15) is 13.2 Å². The summed E-state index contributed by atoms with van der Waals surface area (Å²) in [6.45, 7) is 3.75. The van der Waals surface area contributed by atoms with Gasteiger partial charge in [0.25, 0.3) is 0 Å². The number of nitrogens with zero attached hydrogens (tertiary/aromatic N) is 1. The molecule has 0 fully saturated rings. The minimum atomic E-state index is -3.49. The largest absolute Gasteiger partial charge is 0.307 e. The number of hydrogen-bond donors (Lipinski definition) is 0. The van der Waals surface area contributed by atoms with Crippen molar-refractivity contribution in [3.05, 3.63) is 78.9 Å². The predicted molar refractivity (Wildman–Crippen MR) is 92.9 cm³/mol. The highest BCUT2D eigenvalue weighted by Gasteiger charge is 2.22. The molecule has 5 heteroatoms. The van der Waals surface area contributed by atoms with Crippen molar-refractivity contribution >= 4 is 21.4 Å². The molecule has 0 aliphatic heterocycles. The van der Waals surface area contributed by atoms with Crippen LogP contribution in [0.5, 0.6) is 0 Å². The molecule has 0 saturated heterocycles. The van der Waals surface area contributed by atoms with Crippen LogP contribution >= 0.6 is 0 Å². The zero-order valence-electron chi connectivity index (χ0n) is 12.8. The van der Waals surface area contributed by atoms with Crippen molar-refractivity contribution in [1.82, 2.24) is 0 Å². The van der Waals surface area contributed by atoms with E-state index in [-0.39, 0.29) is 5.75 Å². The highest BCUT2D eigenvalue weighted by Crippen LogP contribution is 2.17. The summed E-state index contributed by atoms with van der Waals surface area (Å²) in [4.78, 5) is 14.0. The van der Waals surface area contributed by atoms with E-state index in [4.69, 9.17) is 0 Å². The Kier molecular flexibility index (Phi) is 5.71. The van der Waals surface area contributed by atoms with E-state index in [2.05, 4.69) is 6.58 Å². The van der Waals surface area contributed by atoms with Gasteiger partial charge < -0.3 is 4.90 Å². The van der Waals surface area contributed by atoms with Gasteiger partial charge in [-0.25, -0.2) is 8.42 Å². The summed E-state index contributed by atoms with van der Waals surface area (Å²) in [6, 6.07) is 18.5. The van der Waals surface area contributed by atoms with E-state index in [0.29, 0.717) is 12.2 Å². The van der Waals surface area contributed by atoms with E-state index < -0.39 is 21.5 Å². The minimum absolute atomic E-state index is 0.202. The topological polar surface area (TPSA) is 54.5 Å².